The molecule has 2 N–H and O–H groups in total. The maximum absolute atomic E-state index is 12.9. The topological polar surface area (TPSA) is 29.3 Å². The van der Waals surface area contributed by atoms with E-state index in [-0.39, 0.29) is 5.82 Å². The molecule has 0 saturated carbocycles. The Morgan fingerprint density at radius 1 is 1.50 bits per heavy atom. The molecule has 1 aliphatic rings. The summed E-state index contributed by atoms with van der Waals surface area (Å²) in [6.45, 7) is 2.68. The van der Waals surface area contributed by atoms with Gasteiger partial charge < -0.3 is 10.6 Å². The highest BCUT2D eigenvalue weighted by atomic mass is 19.1. The highest BCUT2D eigenvalue weighted by molar-refractivity contribution is 5.47. The molecule has 0 unspecified atom stereocenters. The van der Waals surface area contributed by atoms with Gasteiger partial charge in [0.1, 0.15) is 5.82 Å². The molecule has 1 fully saturated rings. The van der Waals surface area contributed by atoms with E-state index in [9.17, 15) is 4.39 Å². The summed E-state index contributed by atoms with van der Waals surface area (Å²) in [5.74, 6) is 0.400. The van der Waals surface area contributed by atoms with Crippen molar-refractivity contribution in [1.29, 1.82) is 0 Å². The second-order valence-electron chi connectivity index (χ2n) is 3.82. The molecule has 0 aliphatic carbocycles. The Labute approximate surface area is 83.5 Å². The van der Waals surface area contributed by atoms with Crippen LogP contribution in [0.5, 0.6) is 0 Å². The third kappa shape index (κ3) is 1.87. The minimum Gasteiger partial charge on any atom is -0.371 e. The van der Waals surface area contributed by atoms with Crippen LogP contribution >= 0.6 is 0 Å². The molecule has 2 nitrogen and oxygen atoms in total. The fourth-order valence-electron chi connectivity index (χ4n) is 1.93. The van der Waals surface area contributed by atoms with E-state index in [0.717, 1.165) is 31.7 Å². The first kappa shape index (κ1) is 9.46. The van der Waals surface area contributed by atoms with Gasteiger partial charge >= 0.3 is 0 Å². The molecule has 2 rings (SSSR count). The van der Waals surface area contributed by atoms with Crippen molar-refractivity contribution in [2.45, 2.75) is 6.42 Å². The molecule has 76 valence electrons. The van der Waals surface area contributed by atoms with Crippen LogP contribution in [-0.2, 0) is 0 Å². The maximum atomic E-state index is 12.9. The molecular weight excluding hydrogens is 179 g/mol. The van der Waals surface area contributed by atoms with Crippen LogP contribution in [0.2, 0.25) is 0 Å². The summed E-state index contributed by atoms with van der Waals surface area (Å²) in [5.41, 5.74) is 6.58. The van der Waals surface area contributed by atoms with Crippen LogP contribution < -0.4 is 10.6 Å². The van der Waals surface area contributed by atoms with Crippen molar-refractivity contribution in [2.24, 2.45) is 11.7 Å². The molecule has 0 aromatic heterocycles. The van der Waals surface area contributed by atoms with E-state index in [0.29, 0.717) is 5.92 Å². The van der Waals surface area contributed by atoms with E-state index in [1.807, 2.05) is 6.07 Å². The van der Waals surface area contributed by atoms with Crippen LogP contribution in [0, 0.1) is 11.7 Å². The highest BCUT2D eigenvalue weighted by Crippen LogP contribution is 2.23. The summed E-state index contributed by atoms with van der Waals surface area (Å²) in [4.78, 5) is 2.20. The first-order chi connectivity index (χ1) is 6.79. The number of anilines is 1. The SMILES string of the molecule is NC[C@H]1CCN(c2cccc(F)c2)C1. The summed E-state index contributed by atoms with van der Waals surface area (Å²) in [6.07, 6.45) is 1.12. The predicted octanol–water partition coefficient (Wildman–Crippen LogP) is 1.61. The van der Waals surface area contributed by atoms with Gasteiger partial charge in [0.15, 0.2) is 0 Å². The zero-order chi connectivity index (χ0) is 9.97. The normalized spacial score (nSPS) is 21.6. The van der Waals surface area contributed by atoms with E-state index in [2.05, 4.69) is 4.90 Å². The molecular formula is C11H15FN2. The van der Waals surface area contributed by atoms with Gasteiger partial charge in [0.2, 0.25) is 0 Å². The monoisotopic (exact) mass is 194 g/mol. The number of nitrogens with zero attached hydrogens (tertiary/aromatic N) is 1. The summed E-state index contributed by atoms with van der Waals surface area (Å²) >= 11 is 0. The lowest BCUT2D eigenvalue weighted by molar-refractivity contribution is 0.602. The lowest BCUT2D eigenvalue weighted by Crippen LogP contribution is -2.22. The molecule has 1 heterocycles. The summed E-state index contributed by atoms with van der Waals surface area (Å²) in [7, 11) is 0. The molecule has 1 saturated heterocycles. The molecule has 0 spiro atoms. The minimum absolute atomic E-state index is 0.168. The van der Waals surface area contributed by atoms with Gasteiger partial charge in [-0.05, 0) is 37.1 Å². The Balaban J connectivity index is 2.09. The third-order valence-electron chi connectivity index (χ3n) is 2.79. The molecule has 0 radical (unpaired) electrons. The number of rotatable bonds is 2. The fraction of sp³-hybridized carbons (Fsp3) is 0.455. The van der Waals surface area contributed by atoms with Crippen LogP contribution in [0.3, 0.4) is 0 Å². The van der Waals surface area contributed by atoms with Gasteiger partial charge in [0.05, 0.1) is 0 Å². The van der Waals surface area contributed by atoms with Gasteiger partial charge in [0, 0.05) is 18.8 Å². The largest absolute Gasteiger partial charge is 0.371 e. The van der Waals surface area contributed by atoms with Crippen LogP contribution in [0.4, 0.5) is 10.1 Å². The smallest absolute Gasteiger partial charge is 0.125 e. The molecule has 0 bridgehead atoms. The van der Waals surface area contributed by atoms with Crippen LogP contribution in [-0.4, -0.2) is 19.6 Å². The zero-order valence-electron chi connectivity index (χ0n) is 8.12. The van der Waals surface area contributed by atoms with Crippen molar-refractivity contribution >= 4 is 5.69 Å². The minimum atomic E-state index is -0.168. The van der Waals surface area contributed by atoms with Gasteiger partial charge in [-0.2, -0.15) is 0 Å². The zero-order valence-corrected chi connectivity index (χ0v) is 8.12. The lowest BCUT2D eigenvalue weighted by Gasteiger charge is -2.18. The predicted molar refractivity (Wildman–Crippen MR) is 55.8 cm³/mol. The summed E-state index contributed by atoms with van der Waals surface area (Å²) in [5, 5.41) is 0. The first-order valence-electron chi connectivity index (χ1n) is 5.00. The average molecular weight is 194 g/mol. The van der Waals surface area contributed by atoms with Gasteiger partial charge in [-0.1, -0.05) is 6.07 Å². The molecule has 1 atom stereocenters. The number of nitrogens with two attached hydrogens (primary N) is 1. The molecule has 1 aromatic carbocycles. The van der Waals surface area contributed by atoms with Gasteiger partial charge in [0.25, 0.3) is 0 Å². The molecule has 0 amide bonds. The van der Waals surface area contributed by atoms with Gasteiger partial charge in [-0.15, -0.1) is 0 Å². The maximum Gasteiger partial charge on any atom is 0.125 e. The Morgan fingerprint density at radius 2 is 2.36 bits per heavy atom. The second-order valence-corrected chi connectivity index (χ2v) is 3.82. The Bertz CT molecular complexity index is 314. The van der Waals surface area contributed by atoms with Gasteiger partial charge in [-0.3, -0.25) is 0 Å². The van der Waals surface area contributed by atoms with Crippen molar-refractivity contribution in [1.82, 2.24) is 0 Å². The third-order valence-corrected chi connectivity index (χ3v) is 2.79. The van der Waals surface area contributed by atoms with E-state index in [4.69, 9.17) is 5.73 Å². The summed E-state index contributed by atoms with van der Waals surface area (Å²) < 4.78 is 12.9. The number of benzene rings is 1. The lowest BCUT2D eigenvalue weighted by atomic mass is 10.1. The van der Waals surface area contributed by atoms with Crippen molar-refractivity contribution in [3.63, 3.8) is 0 Å². The molecule has 14 heavy (non-hydrogen) atoms. The van der Waals surface area contributed by atoms with E-state index in [1.165, 1.54) is 6.07 Å². The van der Waals surface area contributed by atoms with E-state index in [1.54, 1.807) is 12.1 Å². The number of hydrogen-bond donors (Lipinski definition) is 1. The van der Waals surface area contributed by atoms with Crippen molar-refractivity contribution in [3.05, 3.63) is 30.1 Å². The van der Waals surface area contributed by atoms with Crippen LogP contribution in [0.25, 0.3) is 0 Å². The molecule has 1 aliphatic heterocycles. The number of hydrogen-bond acceptors (Lipinski definition) is 2. The Hall–Kier alpha value is -1.09. The Morgan fingerprint density at radius 3 is 3.00 bits per heavy atom. The quantitative estimate of drug-likeness (QED) is 0.775. The highest BCUT2D eigenvalue weighted by Gasteiger charge is 2.21. The second kappa shape index (κ2) is 3.96. The first-order valence-corrected chi connectivity index (χ1v) is 5.00. The van der Waals surface area contributed by atoms with Gasteiger partial charge in [-0.25, -0.2) is 4.39 Å². The average Bonchev–Trinajstić information content (AvgIpc) is 2.66. The Kier molecular flexibility index (Phi) is 2.68. The van der Waals surface area contributed by atoms with E-state index < -0.39 is 0 Å². The number of halogens is 1. The molecule has 1 aromatic rings. The van der Waals surface area contributed by atoms with Crippen molar-refractivity contribution in [3.8, 4) is 0 Å². The standard InChI is InChI=1S/C11H15FN2/c12-10-2-1-3-11(6-10)14-5-4-9(7-13)8-14/h1-3,6,9H,4-5,7-8,13H2/t9-/m1/s1. The molecule has 3 heteroatoms. The van der Waals surface area contributed by atoms with E-state index >= 15 is 0 Å². The van der Waals surface area contributed by atoms with Crippen molar-refractivity contribution < 1.29 is 4.39 Å². The summed E-state index contributed by atoms with van der Waals surface area (Å²) in [6, 6.07) is 6.75. The van der Waals surface area contributed by atoms with Crippen LogP contribution in [0.15, 0.2) is 24.3 Å². The van der Waals surface area contributed by atoms with Crippen molar-refractivity contribution in [2.75, 3.05) is 24.5 Å². The van der Waals surface area contributed by atoms with Crippen LogP contribution in [0.1, 0.15) is 6.42 Å². The fourth-order valence-corrected chi connectivity index (χ4v) is 1.93.